The zero-order chi connectivity index (χ0) is 14.4. The van der Waals surface area contributed by atoms with E-state index in [1.807, 2.05) is 0 Å². The van der Waals surface area contributed by atoms with E-state index < -0.39 is 4.92 Å². The molecular weight excluding hydrogens is 262 g/mol. The summed E-state index contributed by atoms with van der Waals surface area (Å²) in [5.41, 5.74) is 0.339. The SMILES string of the molecule is O=[N+]([O-])c1cc(O)ccc1NCCCN1CCOCC1. The molecule has 0 amide bonds. The number of rotatable bonds is 6. The normalized spacial score (nSPS) is 16.0. The van der Waals surface area contributed by atoms with Crippen LogP contribution in [-0.2, 0) is 4.74 Å². The largest absolute Gasteiger partial charge is 0.508 e. The number of nitrogens with one attached hydrogen (secondary N) is 1. The van der Waals surface area contributed by atoms with Crippen molar-refractivity contribution in [1.29, 1.82) is 0 Å². The van der Waals surface area contributed by atoms with Crippen LogP contribution in [0, 0.1) is 10.1 Å². The third-order valence-corrected chi connectivity index (χ3v) is 3.25. The summed E-state index contributed by atoms with van der Waals surface area (Å²) in [6.07, 6.45) is 0.901. The maximum absolute atomic E-state index is 10.9. The van der Waals surface area contributed by atoms with Crippen molar-refractivity contribution < 1.29 is 14.8 Å². The molecule has 0 bridgehead atoms. The van der Waals surface area contributed by atoms with Gasteiger partial charge in [-0.25, -0.2) is 0 Å². The van der Waals surface area contributed by atoms with E-state index in [1.54, 1.807) is 0 Å². The van der Waals surface area contributed by atoms with E-state index in [2.05, 4.69) is 10.2 Å². The van der Waals surface area contributed by atoms with Crippen molar-refractivity contribution in [3.63, 3.8) is 0 Å². The van der Waals surface area contributed by atoms with Gasteiger partial charge in [-0.15, -0.1) is 0 Å². The van der Waals surface area contributed by atoms with Crippen molar-refractivity contribution in [2.24, 2.45) is 0 Å². The summed E-state index contributed by atoms with van der Waals surface area (Å²) in [4.78, 5) is 12.7. The van der Waals surface area contributed by atoms with Crippen molar-refractivity contribution in [3.8, 4) is 5.75 Å². The lowest BCUT2D eigenvalue weighted by molar-refractivity contribution is -0.384. The molecule has 1 fully saturated rings. The molecule has 1 aliphatic heterocycles. The molecule has 0 aromatic heterocycles. The van der Waals surface area contributed by atoms with Gasteiger partial charge in [-0.2, -0.15) is 0 Å². The first-order chi connectivity index (χ1) is 9.66. The first-order valence-corrected chi connectivity index (χ1v) is 6.68. The van der Waals surface area contributed by atoms with E-state index in [0.717, 1.165) is 45.3 Å². The van der Waals surface area contributed by atoms with E-state index in [1.165, 1.54) is 12.1 Å². The number of nitro benzene ring substituents is 1. The molecule has 0 unspecified atom stereocenters. The number of anilines is 1. The first kappa shape index (κ1) is 14.5. The number of morpholine rings is 1. The molecule has 7 heteroatoms. The Balaban J connectivity index is 1.80. The van der Waals surface area contributed by atoms with Crippen LogP contribution in [0.5, 0.6) is 5.75 Å². The number of nitrogens with zero attached hydrogens (tertiary/aromatic N) is 2. The summed E-state index contributed by atoms with van der Waals surface area (Å²) in [5, 5.41) is 23.2. The van der Waals surface area contributed by atoms with E-state index in [9.17, 15) is 15.2 Å². The molecule has 1 aromatic rings. The first-order valence-electron chi connectivity index (χ1n) is 6.68. The van der Waals surface area contributed by atoms with Gasteiger partial charge < -0.3 is 15.2 Å². The van der Waals surface area contributed by atoms with Crippen LogP contribution in [-0.4, -0.2) is 54.3 Å². The smallest absolute Gasteiger partial charge is 0.296 e. The molecule has 20 heavy (non-hydrogen) atoms. The van der Waals surface area contributed by atoms with E-state index in [0.29, 0.717) is 12.2 Å². The van der Waals surface area contributed by atoms with Crippen LogP contribution in [0.2, 0.25) is 0 Å². The fourth-order valence-electron chi connectivity index (χ4n) is 2.17. The minimum absolute atomic E-state index is 0.101. The fourth-order valence-corrected chi connectivity index (χ4v) is 2.17. The Morgan fingerprint density at radius 2 is 2.15 bits per heavy atom. The van der Waals surface area contributed by atoms with E-state index in [4.69, 9.17) is 4.74 Å². The number of phenols is 1. The quantitative estimate of drug-likeness (QED) is 0.355. The van der Waals surface area contributed by atoms with Gasteiger partial charge in [0.1, 0.15) is 11.4 Å². The van der Waals surface area contributed by atoms with Crippen molar-refractivity contribution in [2.45, 2.75) is 6.42 Å². The van der Waals surface area contributed by atoms with Crippen molar-refractivity contribution in [2.75, 3.05) is 44.7 Å². The molecule has 0 saturated carbocycles. The lowest BCUT2D eigenvalue weighted by Gasteiger charge is -2.26. The molecule has 7 nitrogen and oxygen atoms in total. The molecule has 1 aliphatic rings. The summed E-state index contributed by atoms with van der Waals surface area (Å²) >= 11 is 0. The Hall–Kier alpha value is -1.86. The van der Waals surface area contributed by atoms with Gasteiger partial charge in [0, 0.05) is 19.6 Å². The highest BCUT2D eigenvalue weighted by Crippen LogP contribution is 2.28. The maximum Gasteiger partial charge on any atom is 0.296 e. The van der Waals surface area contributed by atoms with E-state index in [-0.39, 0.29) is 11.4 Å². The topological polar surface area (TPSA) is 87.9 Å². The van der Waals surface area contributed by atoms with Gasteiger partial charge in [-0.05, 0) is 25.1 Å². The second-order valence-corrected chi connectivity index (χ2v) is 4.69. The zero-order valence-electron chi connectivity index (χ0n) is 11.2. The van der Waals surface area contributed by atoms with Gasteiger partial charge in [0.15, 0.2) is 0 Å². The highest BCUT2D eigenvalue weighted by Gasteiger charge is 2.14. The van der Waals surface area contributed by atoms with Gasteiger partial charge >= 0.3 is 0 Å². The number of ether oxygens (including phenoxy) is 1. The minimum Gasteiger partial charge on any atom is -0.508 e. The second-order valence-electron chi connectivity index (χ2n) is 4.69. The molecule has 0 atom stereocenters. The van der Waals surface area contributed by atoms with Crippen LogP contribution in [0.4, 0.5) is 11.4 Å². The molecule has 1 saturated heterocycles. The van der Waals surface area contributed by atoms with Crippen LogP contribution in [0.1, 0.15) is 6.42 Å². The van der Waals surface area contributed by atoms with Crippen LogP contribution in [0.3, 0.4) is 0 Å². The Labute approximate surface area is 117 Å². The van der Waals surface area contributed by atoms with Gasteiger partial charge in [-0.1, -0.05) is 0 Å². The lowest BCUT2D eigenvalue weighted by Crippen LogP contribution is -2.37. The average Bonchev–Trinajstić information content (AvgIpc) is 2.45. The average molecular weight is 281 g/mol. The molecular formula is C13H19N3O4. The maximum atomic E-state index is 10.9. The monoisotopic (exact) mass is 281 g/mol. The fraction of sp³-hybridized carbons (Fsp3) is 0.538. The summed E-state index contributed by atoms with van der Waals surface area (Å²) in [7, 11) is 0. The Morgan fingerprint density at radius 3 is 2.85 bits per heavy atom. The van der Waals surface area contributed by atoms with Crippen LogP contribution < -0.4 is 5.32 Å². The standard InChI is InChI=1S/C13H19N3O4/c17-11-2-3-12(13(10-11)16(18)19)14-4-1-5-15-6-8-20-9-7-15/h2-3,10,14,17H,1,4-9H2. The number of benzene rings is 1. The number of hydrogen-bond acceptors (Lipinski definition) is 6. The van der Waals surface area contributed by atoms with Gasteiger partial charge in [-0.3, -0.25) is 15.0 Å². The van der Waals surface area contributed by atoms with Gasteiger partial charge in [0.25, 0.3) is 5.69 Å². The molecule has 0 radical (unpaired) electrons. The predicted molar refractivity (Wildman–Crippen MR) is 75.1 cm³/mol. The Morgan fingerprint density at radius 1 is 1.40 bits per heavy atom. The van der Waals surface area contributed by atoms with Gasteiger partial charge in [0.05, 0.1) is 24.2 Å². The third-order valence-electron chi connectivity index (χ3n) is 3.25. The minimum atomic E-state index is -0.496. The highest BCUT2D eigenvalue weighted by atomic mass is 16.6. The molecule has 1 heterocycles. The second kappa shape index (κ2) is 7.06. The molecule has 1 aromatic carbocycles. The van der Waals surface area contributed by atoms with Gasteiger partial charge in [0.2, 0.25) is 0 Å². The van der Waals surface area contributed by atoms with Crippen LogP contribution in [0.15, 0.2) is 18.2 Å². The summed E-state index contributed by atoms with van der Waals surface area (Å²) in [6.45, 7) is 5.04. The van der Waals surface area contributed by atoms with Crippen molar-refractivity contribution in [1.82, 2.24) is 4.90 Å². The predicted octanol–water partition coefficient (Wildman–Crippen LogP) is 1.43. The molecule has 2 N–H and O–H groups in total. The summed E-state index contributed by atoms with van der Waals surface area (Å²) in [6, 6.07) is 4.13. The van der Waals surface area contributed by atoms with Crippen molar-refractivity contribution >= 4 is 11.4 Å². The number of hydrogen-bond donors (Lipinski definition) is 2. The Kier molecular flexibility index (Phi) is 5.14. The molecule has 2 rings (SSSR count). The Bertz CT molecular complexity index is 461. The number of nitro groups is 1. The lowest BCUT2D eigenvalue weighted by atomic mass is 10.2. The van der Waals surface area contributed by atoms with Crippen LogP contribution in [0.25, 0.3) is 0 Å². The molecule has 0 spiro atoms. The number of aromatic hydroxyl groups is 1. The van der Waals surface area contributed by atoms with Crippen molar-refractivity contribution in [3.05, 3.63) is 28.3 Å². The molecule has 0 aliphatic carbocycles. The number of phenolic OH excluding ortho intramolecular Hbond substituents is 1. The zero-order valence-corrected chi connectivity index (χ0v) is 11.2. The summed E-state index contributed by atoms with van der Waals surface area (Å²) in [5.74, 6) is -0.101. The highest BCUT2D eigenvalue weighted by molar-refractivity contribution is 5.63. The van der Waals surface area contributed by atoms with Crippen LogP contribution >= 0.6 is 0 Å². The third kappa shape index (κ3) is 4.07. The summed E-state index contributed by atoms with van der Waals surface area (Å²) < 4.78 is 5.27. The van der Waals surface area contributed by atoms with E-state index >= 15 is 0 Å². The molecule has 110 valence electrons.